The van der Waals surface area contributed by atoms with Crippen LogP contribution in [0.4, 0.5) is 0 Å². The highest BCUT2D eigenvalue weighted by Crippen LogP contribution is 2.34. The van der Waals surface area contributed by atoms with Gasteiger partial charge in [-0.05, 0) is 5.56 Å². The van der Waals surface area contributed by atoms with Crippen LogP contribution in [0.5, 0.6) is 0 Å². The molecule has 0 unspecified atom stereocenters. The highest BCUT2D eigenvalue weighted by molar-refractivity contribution is 8.46. The van der Waals surface area contributed by atoms with E-state index >= 15 is 0 Å². The van der Waals surface area contributed by atoms with E-state index in [9.17, 15) is 9.36 Å². The molecule has 1 aromatic rings. The number of benzene rings is 1. The average Bonchev–Trinajstić information content (AvgIpc) is 2.43. The maximum absolute atomic E-state index is 11.2. The maximum Gasteiger partial charge on any atom is 0.362 e. The Bertz CT molecular complexity index is 517. The number of rotatable bonds is 7. The van der Waals surface area contributed by atoms with Crippen LogP contribution in [0, 0.1) is 0 Å². The zero-order chi connectivity index (χ0) is 15.7. The van der Waals surface area contributed by atoms with Crippen molar-refractivity contribution < 1.29 is 23.9 Å². The molecule has 0 amide bonds. The van der Waals surface area contributed by atoms with Crippen LogP contribution in [0.1, 0.15) is 12.0 Å². The molecule has 0 saturated heterocycles. The average molecular weight is 366 g/mol. The minimum absolute atomic E-state index is 0.0662. The maximum atomic E-state index is 11.2. The van der Waals surface area contributed by atoms with E-state index in [1.165, 1.54) is 29.1 Å². The van der Waals surface area contributed by atoms with Gasteiger partial charge in [0.25, 0.3) is 0 Å². The highest BCUT2D eigenvalue weighted by Gasteiger charge is 2.16. The third-order valence-corrected chi connectivity index (χ3v) is 5.36. The molecule has 9 heteroatoms. The number of carbonyl (C=O) groups excluding carboxylic acids is 1. The molecule has 0 aliphatic heterocycles. The van der Waals surface area contributed by atoms with Crippen LogP contribution in [-0.4, -0.2) is 31.4 Å². The van der Waals surface area contributed by atoms with Gasteiger partial charge in [0.05, 0.1) is 6.42 Å². The molecule has 1 rings (SSSR count). The molecule has 0 aromatic heterocycles. The first-order chi connectivity index (χ1) is 9.87. The number of thiocarbonyl (C=S) groups is 1. The Morgan fingerprint density at radius 2 is 1.90 bits per heavy atom. The molecular formula is C12H15O5PS3. The molecule has 0 aliphatic rings. The summed E-state index contributed by atoms with van der Waals surface area (Å²) in [5, 5.41) is 0. The molecular weight excluding hydrogens is 351 g/mol. The van der Waals surface area contributed by atoms with Gasteiger partial charge >= 0.3 is 13.6 Å². The lowest BCUT2D eigenvalue weighted by Crippen LogP contribution is -2.07. The first-order valence-corrected chi connectivity index (χ1v) is 10.1. The molecule has 0 atom stereocenters. The second kappa shape index (κ2) is 9.61. The van der Waals surface area contributed by atoms with Crippen molar-refractivity contribution in [2.75, 3.05) is 12.1 Å². The van der Waals surface area contributed by atoms with Crippen LogP contribution in [0.2, 0.25) is 0 Å². The summed E-state index contributed by atoms with van der Waals surface area (Å²) in [6, 6.07) is 9.90. The minimum Gasteiger partial charge on any atom is -0.453 e. The second-order valence-electron chi connectivity index (χ2n) is 3.93. The van der Waals surface area contributed by atoms with E-state index in [-0.39, 0.29) is 6.42 Å². The molecule has 116 valence electrons. The molecule has 0 spiro atoms. The Morgan fingerprint density at radius 1 is 1.24 bits per heavy atom. The van der Waals surface area contributed by atoms with Crippen molar-refractivity contribution in [1.82, 2.24) is 0 Å². The van der Waals surface area contributed by atoms with E-state index in [1.54, 1.807) is 0 Å². The zero-order valence-corrected chi connectivity index (χ0v) is 14.4. The van der Waals surface area contributed by atoms with Crippen LogP contribution in [0.15, 0.2) is 30.3 Å². The molecule has 5 nitrogen and oxygen atoms in total. The van der Waals surface area contributed by atoms with Crippen LogP contribution in [0.3, 0.4) is 0 Å². The summed E-state index contributed by atoms with van der Waals surface area (Å²) in [4.78, 5) is 28.3. The van der Waals surface area contributed by atoms with Crippen molar-refractivity contribution in [3.05, 3.63) is 35.9 Å². The van der Waals surface area contributed by atoms with Gasteiger partial charge in [-0.2, -0.15) is 0 Å². The monoisotopic (exact) mass is 366 g/mol. The second-order valence-corrected chi connectivity index (χ2v) is 8.79. The summed E-state index contributed by atoms with van der Waals surface area (Å²) < 4.78 is 15.7. The zero-order valence-electron chi connectivity index (χ0n) is 11.0. The molecule has 1 aromatic carbocycles. The van der Waals surface area contributed by atoms with Crippen LogP contribution in [-0.2, 0) is 19.8 Å². The van der Waals surface area contributed by atoms with Gasteiger partial charge in [0.1, 0.15) is 3.53 Å². The van der Waals surface area contributed by atoms with E-state index in [2.05, 4.69) is 4.74 Å². The van der Waals surface area contributed by atoms with Gasteiger partial charge in [-0.1, -0.05) is 42.5 Å². The molecule has 21 heavy (non-hydrogen) atoms. The molecule has 0 bridgehead atoms. The highest BCUT2D eigenvalue weighted by atomic mass is 32.2. The Morgan fingerprint density at radius 3 is 2.52 bits per heavy atom. The third kappa shape index (κ3) is 10.1. The largest absolute Gasteiger partial charge is 0.453 e. The number of hydrogen-bond donors (Lipinski definition) is 2. The summed E-state index contributed by atoms with van der Waals surface area (Å²) in [5.74, 6) is 0.567. The Kier molecular flexibility index (Phi) is 8.55. The van der Waals surface area contributed by atoms with Crippen LogP contribution < -0.4 is 0 Å². The van der Waals surface area contributed by atoms with Crippen molar-refractivity contribution in [3.8, 4) is 0 Å². The summed E-state index contributed by atoms with van der Waals surface area (Å²) in [6.45, 7) is 0. The van der Waals surface area contributed by atoms with Gasteiger partial charge in [0.2, 0.25) is 0 Å². The Labute approximate surface area is 137 Å². The van der Waals surface area contributed by atoms with Crippen molar-refractivity contribution in [2.24, 2.45) is 0 Å². The Hall–Kier alpha value is -0.370. The lowest BCUT2D eigenvalue weighted by Gasteiger charge is -2.06. The summed E-state index contributed by atoms with van der Waals surface area (Å²) >= 11 is 8.05. The van der Waals surface area contributed by atoms with Crippen molar-refractivity contribution >= 4 is 52.8 Å². The number of ether oxygens (including phenoxy) is 1. The summed E-state index contributed by atoms with van der Waals surface area (Å²) in [7, 11) is -4.30. The van der Waals surface area contributed by atoms with Crippen LogP contribution >= 0.6 is 43.3 Å². The molecule has 0 fully saturated rings. The lowest BCUT2D eigenvalue weighted by atomic mass is 10.2. The molecule has 0 saturated carbocycles. The van der Waals surface area contributed by atoms with Gasteiger partial charge in [-0.25, -0.2) is 0 Å². The van der Waals surface area contributed by atoms with Crippen molar-refractivity contribution in [3.63, 3.8) is 0 Å². The predicted molar refractivity (Wildman–Crippen MR) is 90.4 cm³/mol. The SMILES string of the molecule is O=C(CCSC(=S)SCc1ccccc1)OCP(=O)(O)O. The van der Waals surface area contributed by atoms with E-state index in [4.69, 9.17) is 22.0 Å². The Balaban J connectivity index is 2.13. The fourth-order valence-electron chi connectivity index (χ4n) is 1.20. The number of hydrogen-bond acceptors (Lipinski definition) is 6. The predicted octanol–water partition coefficient (Wildman–Crippen LogP) is 3.01. The van der Waals surface area contributed by atoms with Gasteiger partial charge < -0.3 is 14.5 Å². The van der Waals surface area contributed by atoms with E-state index < -0.39 is 19.9 Å². The van der Waals surface area contributed by atoms with Gasteiger partial charge in [-0.3, -0.25) is 9.36 Å². The van der Waals surface area contributed by atoms with Gasteiger partial charge in [-0.15, -0.1) is 23.5 Å². The normalized spacial score (nSPS) is 11.1. The van der Waals surface area contributed by atoms with E-state index in [0.717, 1.165) is 9.28 Å². The standard InChI is InChI=1S/C12H15O5PS3/c13-11(17-9-18(14,15)16)6-7-20-12(19)21-8-10-4-2-1-3-5-10/h1-5H,6-9H2,(H2,14,15,16). The fourth-order valence-corrected chi connectivity index (χ4v) is 3.62. The first kappa shape index (κ1) is 18.7. The first-order valence-electron chi connectivity index (χ1n) is 5.90. The van der Waals surface area contributed by atoms with E-state index in [1.807, 2.05) is 30.3 Å². The third-order valence-electron chi connectivity index (χ3n) is 2.12. The fraction of sp³-hybridized carbons (Fsp3) is 0.333. The minimum atomic E-state index is -4.30. The van der Waals surface area contributed by atoms with Gasteiger partial charge in [0.15, 0.2) is 6.35 Å². The lowest BCUT2D eigenvalue weighted by molar-refractivity contribution is -0.141. The number of esters is 1. The number of thioether (sulfide) groups is 2. The van der Waals surface area contributed by atoms with Crippen LogP contribution in [0.25, 0.3) is 0 Å². The van der Waals surface area contributed by atoms with Crippen molar-refractivity contribution in [2.45, 2.75) is 12.2 Å². The molecule has 2 N–H and O–H groups in total. The topological polar surface area (TPSA) is 83.8 Å². The van der Waals surface area contributed by atoms with Gasteiger partial charge in [0, 0.05) is 11.5 Å². The van der Waals surface area contributed by atoms with E-state index in [0.29, 0.717) is 5.75 Å². The number of carbonyl (C=O) groups is 1. The van der Waals surface area contributed by atoms with Crippen molar-refractivity contribution in [1.29, 1.82) is 0 Å². The quantitative estimate of drug-likeness (QED) is 0.433. The molecule has 0 heterocycles. The summed E-state index contributed by atoms with van der Waals surface area (Å²) in [5.41, 5.74) is 1.17. The summed E-state index contributed by atoms with van der Waals surface area (Å²) in [6.07, 6.45) is -0.805. The smallest absolute Gasteiger partial charge is 0.362 e. The molecule has 0 radical (unpaired) electrons. The molecule has 0 aliphatic carbocycles.